The molecule has 0 unspecified atom stereocenters. The van der Waals surface area contributed by atoms with Gasteiger partial charge in [-0.3, -0.25) is 8.42 Å². The molecule has 0 saturated heterocycles. The van der Waals surface area contributed by atoms with E-state index in [0.717, 1.165) is 0 Å². The summed E-state index contributed by atoms with van der Waals surface area (Å²) in [6.45, 7) is 0. The zero-order chi connectivity index (χ0) is 8.08. The van der Waals surface area contributed by atoms with E-state index in [1.165, 1.54) is 0 Å². The number of carbonyl (C=O) groups excluding carboxylic acids is 1. The van der Waals surface area contributed by atoms with Crippen molar-refractivity contribution in [3.8, 4) is 0 Å². The Morgan fingerprint density at radius 3 is 0.279 bits per heavy atom. The van der Waals surface area contributed by atoms with E-state index in [2.05, 4.69) is 0 Å². The van der Waals surface area contributed by atoms with Crippen LogP contribution in [0.2, 0.25) is 0 Å². The van der Waals surface area contributed by atoms with Crippen LogP contribution in [0.1, 0.15) is 0 Å². The fraction of sp³-hybridized carbons (Fsp3) is 0. The van der Waals surface area contributed by atoms with E-state index < -0.39 is 16.6 Å². The molecule has 0 aliphatic heterocycles. The molecule has 42 heteroatoms. The fourth-order valence-corrected chi connectivity index (χ4v) is 0. The Labute approximate surface area is 328 Å². The molecule has 0 radical (unpaired) electrons. The van der Waals surface area contributed by atoms with E-state index in [4.69, 9.17) is 32.5 Å². The van der Waals surface area contributed by atoms with Gasteiger partial charge in [0.25, 0.3) is 0 Å². The van der Waals surface area contributed by atoms with Gasteiger partial charge in [-0.2, -0.15) is 0 Å². The third-order valence-electron chi connectivity index (χ3n) is 0. The Bertz CT molecular complexity index is 175. The van der Waals surface area contributed by atoms with Crippen LogP contribution in [0.4, 0.5) is 4.79 Å². The van der Waals surface area contributed by atoms with Crippen LogP contribution in [-0.2, 0) is 10.4 Å². The van der Waals surface area contributed by atoms with Crippen LogP contribution < -0.4 is 128 Å². The summed E-state index contributed by atoms with van der Waals surface area (Å²) in [6.07, 6.45) is -2.33. The molecule has 0 atom stereocenters. The SMILES string of the molecule is O.O.O.O.O.O.O.O.O.O.O.O.O.O.O.O.O.O.O.O.O.O.O.O.O.O.O.O.O.O.O=C([O-])[O-].O=S(=O)([O-])[O-].[Na+].[Na+].[Na+].[Na+]. The minimum Gasteiger partial charge on any atom is -0.759 e. The number of hydrogen-bond acceptors (Lipinski definition) is 7. The van der Waals surface area contributed by atoms with Crippen molar-refractivity contribution in [3.05, 3.63) is 0 Å². The van der Waals surface area contributed by atoms with Crippen molar-refractivity contribution >= 4 is 16.6 Å². The summed E-state index contributed by atoms with van der Waals surface area (Å²) in [5, 5.41) is 16.7. The maximum Gasteiger partial charge on any atom is 1.00 e. The molecule has 43 heavy (non-hydrogen) atoms. The van der Waals surface area contributed by atoms with Gasteiger partial charge in [0.15, 0.2) is 0 Å². The van der Waals surface area contributed by atoms with Crippen molar-refractivity contribution < 1.29 is 315 Å². The van der Waals surface area contributed by atoms with Crippen LogP contribution in [0.25, 0.3) is 0 Å². The normalized spacial score (nSPS) is 1.91. The molecule has 37 nitrogen and oxygen atoms in total. The van der Waals surface area contributed by atoms with Crippen molar-refractivity contribution in [2.24, 2.45) is 0 Å². The molecule has 60 N–H and O–H groups in total. The maximum atomic E-state index is 8.52. The van der Waals surface area contributed by atoms with Crippen molar-refractivity contribution in [2.45, 2.75) is 0 Å². The maximum absolute atomic E-state index is 8.52. The molecule has 0 heterocycles. The molecule has 0 aromatic rings. The number of hydrogen-bond donors (Lipinski definition) is 0. The van der Waals surface area contributed by atoms with E-state index in [1.54, 1.807) is 0 Å². The molecule has 0 amide bonds. The summed E-state index contributed by atoms with van der Waals surface area (Å²) in [5.74, 6) is 0. The van der Waals surface area contributed by atoms with Crippen LogP contribution in [0.15, 0.2) is 0 Å². The van der Waals surface area contributed by atoms with E-state index in [1.807, 2.05) is 0 Å². The topological polar surface area (TPSA) is 1090 Å². The minimum atomic E-state index is -5.17. The van der Waals surface area contributed by atoms with E-state index >= 15 is 0 Å². The van der Waals surface area contributed by atoms with Crippen LogP contribution in [0.5, 0.6) is 0 Å². The monoisotopic (exact) mass is 788 g/mol. The first-order chi connectivity index (χ1) is 3.73. The second kappa shape index (κ2) is 677. The van der Waals surface area contributed by atoms with E-state index in [0.29, 0.717) is 0 Å². The van der Waals surface area contributed by atoms with Gasteiger partial charge in [-0.25, -0.2) is 0 Å². The largest absolute Gasteiger partial charge is 1.00 e. The van der Waals surface area contributed by atoms with Gasteiger partial charge < -0.3 is 188 Å². The van der Waals surface area contributed by atoms with Crippen molar-refractivity contribution in [3.63, 3.8) is 0 Å². The summed E-state index contributed by atoms with van der Waals surface area (Å²) in [7, 11) is -5.17. The molecule has 296 valence electrons. The van der Waals surface area contributed by atoms with Gasteiger partial charge in [-0.1, -0.05) is 0 Å². The molecule has 0 rings (SSSR count). The molecule has 0 aromatic heterocycles. The number of carbonyl (C=O) groups is 1. The van der Waals surface area contributed by atoms with Crippen LogP contribution in [0, 0.1) is 0 Å². The predicted molar refractivity (Wildman–Crippen MR) is 124 cm³/mol. The molecule has 0 bridgehead atoms. The molecule has 0 aromatic carbocycles. The van der Waals surface area contributed by atoms with Gasteiger partial charge in [0.2, 0.25) is 0 Å². The number of carboxylic acid groups (broad SMARTS) is 2. The molecule has 0 aliphatic carbocycles. The number of rotatable bonds is 0. The average molecular weight is 788 g/mol. The molecular weight excluding hydrogens is 728 g/mol. The van der Waals surface area contributed by atoms with Gasteiger partial charge in [-0.15, -0.1) is 0 Å². The second-order valence-corrected chi connectivity index (χ2v) is 1.47. The van der Waals surface area contributed by atoms with Gasteiger partial charge >= 0.3 is 118 Å². The van der Waals surface area contributed by atoms with Gasteiger partial charge in [0.05, 0.1) is 0 Å². The zero-order valence-electron chi connectivity index (χ0n) is 22.8. The van der Waals surface area contributed by atoms with Crippen molar-refractivity contribution in [1.29, 1.82) is 0 Å². The molecule has 0 fully saturated rings. The van der Waals surface area contributed by atoms with Gasteiger partial charge in [0.1, 0.15) is 0 Å². The zero-order valence-corrected chi connectivity index (χ0v) is 31.6. The quantitative estimate of drug-likeness (QED) is 0.129. The Morgan fingerprint density at radius 1 is 0.279 bits per heavy atom. The predicted octanol–water partition coefficient (Wildman–Crippen LogP) is -40.5. The summed E-state index contributed by atoms with van der Waals surface area (Å²) in [4.78, 5) is 8.33. The Hall–Kier alpha value is 1.94. The van der Waals surface area contributed by atoms with Crippen LogP contribution in [0.3, 0.4) is 0 Å². The summed E-state index contributed by atoms with van der Waals surface area (Å²) >= 11 is 0. The summed E-state index contributed by atoms with van der Waals surface area (Å²) < 4.78 is 34.1. The smallest absolute Gasteiger partial charge is 0.759 e. The van der Waals surface area contributed by atoms with Gasteiger partial charge in [-0.05, 0) is 6.16 Å². The van der Waals surface area contributed by atoms with Crippen molar-refractivity contribution in [1.82, 2.24) is 0 Å². The fourth-order valence-electron chi connectivity index (χ4n) is 0. The van der Waals surface area contributed by atoms with Gasteiger partial charge in [0, 0.05) is 10.4 Å². The minimum absolute atomic E-state index is 0. The molecule has 0 aliphatic rings. The first-order valence-corrected chi connectivity index (χ1v) is 2.61. The first kappa shape index (κ1) is 1090. The average Bonchev–Trinajstić information content (AvgIpc) is 1.19. The Kier molecular flexibility index (Phi) is 17100. The molecular formula is CH60Na4O37S. The van der Waals surface area contributed by atoms with Crippen molar-refractivity contribution in [2.75, 3.05) is 0 Å². The Morgan fingerprint density at radius 2 is 0.279 bits per heavy atom. The first-order valence-electron chi connectivity index (χ1n) is 1.28. The van der Waals surface area contributed by atoms with E-state index in [-0.39, 0.29) is 283 Å². The molecule has 0 saturated carbocycles. The summed E-state index contributed by atoms with van der Waals surface area (Å²) in [6, 6.07) is 0. The molecule has 0 spiro atoms. The van der Waals surface area contributed by atoms with Crippen LogP contribution in [-0.4, -0.2) is 188 Å². The summed E-state index contributed by atoms with van der Waals surface area (Å²) in [5.41, 5.74) is 0. The van der Waals surface area contributed by atoms with E-state index in [9.17, 15) is 0 Å². The second-order valence-electron chi connectivity index (χ2n) is 0.658. The third-order valence-corrected chi connectivity index (χ3v) is 0. The third kappa shape index (κ3) is 20500. The van der Waals surface area contributed by atoms with Crippen LogP contribution >= 0.6 is 0 Å². The Balaban J connectivity index is -0.000000000375. The standard InChI is InChI=1S/CH2O3.4Na.H2O4S.30H2O/c2-1(3)4;;;;;1-5(2,3)4;;;;;;;;;;;;;;;;;;;;;;;;;;;;;;/h(H2,2,3,4);;;;;(H2,1,2,3,4);30*1H2/q;4*+1;;;;;;;;;;;;;;;;;;;;;;;;;;;;;;;/p-4.